The fourth-order valence-corrected chi connectivity index (χ4v) is 1.94. The highest BCUT2D eigenvalue weighted by Crippen LogP contribution is 2.24. The first-order chi connectivity index (χ1) is 7.57. The number of nitrogens with zero attached hydrogens (tertiary/aromatic N) is 1. The lowest BCUT2D eigenvalue weighted by Gasteiger charge is -2.34. The maximum absolute atomic E-state index is 5.63. The van der Waals surface area contributed by atoms with Gasteiger partial charge in [-0.2, -0.15) is 0 Å². The first kappa shape index (κ1) is 13.2. The van der Waals surface area contributed by atoms with Crippen molar-refractivity contribution in [3.05, 3.63) is 35.9 Å². The molecule has 0 heterocycles. The summed E-state index contributed by atoms with van der Waals surface area (Å²) in [4.78, 5) is 2.33. The molecule has 0 N–H and O–H groups in total. The third kappa shape index (κ3) is 3.06. The van der Waals surface area contributed by atoms with Crippen LogP contribution in [0.4, 0.5) is 0 Å². The third-order valence-electron chi connectivity index (χ3n) is 3.28. The second-order valence-corrected chi connectivity index (χ2v) is 4.57. The van der Waals surface area contributed by atoms with Crippen LogP contribution in [0.5, 0.6) is 0 Å². The molecule has 0 radical (unpaired) electrons. The molecule has 0 aliphatic heterocycles. The molecule has 16 heavy (non-hydrogen) atoms. The molecule has 0 aliphatic rings. The molecule has 1 aromatic rings. The number of benzene rings is 1. The van der Waals surface area contributed by atoms with Crippen molar-refractivity contribution >= 4 is 0 Å². The van der Waals surface area contributed by atoms with Crippen molar-refractivity contribution in [1.29, 1.82) is 0 Å². The minimum atomic E-state index is 0.133. The van der Waals surface area contributed by atoms with Gasteiger partial charge >= 0.3 is 0 Å². The number of ether oxygens (including phenoxy) is 1. The van der Waals surface area contributed by atoms with Gasteiger partial charge in [-0.15, -0.1) is 0 Å². The van der Waals surface area contributed by atoms with Gasteiger partial charge in [-0.25, -0.2) is 0 Å². The van der Waals surface area contributed by atoms with E-state index in [9.17, 15) is 0 Å². The lowest BCUT2D eigenvalue weighted by molar-refractivity contribution is 0.0195. The number of rotatable bonds is 5. The Morgan fingerprint density at radius 2 is 1.62 bits per heavy atom. The van der Waals surface area contributed by atoms with Crippen LogP contribution in [-0.4, -0.2) is 31.1 Å². The minimum absolute atomic E-state index is 0.133. The lowest BCUT2D eigenvalue weighted by Crippen LogP contribution is -2.39. The molecule has 0 aromatic heterocycles. The van der Waals surface area contributed by atoms with Gasteiger partial charge in [-0.1, -0.05) is 30.3 Å². The van der Waals surface area contributed by atoms with Crippen molar-refractivity contribution in [3.8, 4) is 0 Å². The predicted molar refractivity (Wildman–Crippen MR) is 68.6 cm³/mol. The van der Waals surface area contributed by atoms with Crippen LogP contribution in [0.25, 0.3) is 0 Å². The van der Waals surface area contributed by atoms with Gasteiger partial charge in [0.15, 0.2) is 0 Å². The van der Waals surface area contributed by atoms with Gasteiger partial charge in [0.05, 0.1) is 6.10 Å². The summed E-state index contributed by atoms with van der Waals surface area (Å²) in [6.07, 6.45) is 0.133. The van der Waals surface area contributed by atoms with E-state index in [1.807, 2.05) is 6.07 Å². The molecule has 0 spiro atoms. The second-order valence-electron chi connectivity index (χ2n) is 4.57. The smallest absolute Gasteiger partial charge is 0.0973 e. The van der Waals surface area contributed by atoms with Crippen LogP contribution < -0.4 is 0 Å². The normalized spacial score (nSPS) is 15.4. The zero-order chi connectivity index (χ0) is 12.1. The number of hydrogen-bond donors (Lipinski definition) is 0. The highest BCUT2D eigenvalue weighted by molar-refractivity contribution is 5.19. The van der Waals surface area contributed by atoms with E-state index in [-0.39, 0.29) is 6.10 Å². The van der Waals surface area contributed by atoms with E-state index < -0.39 is 0 Å². The maximum Gasteiger partial charge on any atom is 0.0973 e. The van der Waals surface area contributed by atoms with Gasteiger partial charge in [0.1, 0.15) is 0 Å². The first-order valence-corrected chi connectivity index (χ1v) is 5.87. The van der Waals surface area contributed by atoms with Gasteiger partial charge < -0.3 is 4.74 Å². The largest absolute Gasteiger partial charge is 0.375 e. The van der Waals surface area contributed by atoms with E-state index in [1.165, 1.54) is 5.56 Å². The minimum Gasteiger partial charge on any atom is -0.375 e. The third-order valence-corrected chi connectivity index (χ3v) is 3.28. The Hall–Kier alpha value is -0.860. The van der Waals surface area contributed by atoms with Crippen LogP contribution in [0, 0.1) is 0 Å². The van der Waals surface area contributed by atoms with E-state index in [2.05, 4.69) is 57.0 Å². The first-order valence-electron chi connectivity index (χ1n) is 5.87. The Balaban J connectivity index is 2.83. The van der Waals surface area contributed by atoms with Crippen LogP contribution in [0.2, 0.25) is 0 Å². The van der Waals surface area contributed by atoms with Gasteiger partial charge in [-0.3, -0.25) is 4.90 Å². The lowest BCUT2D eigenvalue weighted by atomic mass is 10.0. The summed E-state index contributed by atoms with van der Waals surface area (Å²) in [6, 6.07) is 11.3. The van der Waals surface area contributed by atoms with Crippen molar-refractivity contribution in [2.45, 2.75) is 39.0 Å². The number of methoxy groups -OCH3 is 1. The van der Waals surface area contributed by atoms with Crippen LogP contribution in [0.15, 0.2) is 30.3 Å². The summed E-state index contributed by atoms with van der Waals surface area (Å²) in [5, 5.41) is 0. The maximum atomic E-state index is 5.63. The molecule has 1 rings (SSSR count). The van der Waals surface area contributed by atoms with Gasteiger partial charge in [0.2, 0.25) is 0 Å². The molecule has 0 amide bonds. The molecule has 0 unspecified atom stereocenters. The number of hydrogen-bond acceptors (Lipinski definition) is 2. The average molecular weight is 221 g/mol. The van der Waals surface area contributed by atoms with E-state index in [4.69, 9.17) is 4.74 Å². The summed E-state index contributed by atoms with van der Waals surface area (Å²) in [5.74, 6) is 0. The Morgan fingerprint density at radius 3 is 2.06 bits per heavy atom. The second kappa shape index (κ2) is 6.02. The van der Waals surface area contributed by atoms with Crippen molar-refractivity contribution in [1.82, 2.24) is 4.90 Å². The molecule has 0 aliphatic carbocycles. The zero-order valence-electron chi connectivity index (χ0n) is 11.0. The standard InChI is InChI=1S/C14H23NO/c1-11(2)15(4)12(3)14(16-5)13-9-7-6-8-10-13/h6-12,14H,1-5H3/t12-,14+/m0/s1. The highest BCUT2D eigenvalue weighted by atomic mass is 16.5. The number of likely N-dealkylation sites (N-methyl/N-ethyl adjacent to an activating group) is 1. The Morgan fingerprint density at radius 1 is 1.06 bits per heavy atom. The van der Waals surface area contributed by atoms with Crippen LogP contribution in [-0.2, 0) is 4.74 Å². The SMILES string of the molecule is CO[C@@H](c1ccccc1)[C@H](C)N(C)C(C)C. The summed E-state index contributed by atoms with van der Waals surface area (Å²) in [6.45, 7) is 6.61. The van der Waals surface area contributed by atoms with Crippen molar-refractivity contribution < 1.29 is 4.74 Å². The van der Waals surface area contributed by atoms with Crippen molar-refractivity contribution in [2.24, 2.45) is 0 Å². The van der Waals surface area contributed by atoms with E-state index in [0.717, 1.165) is 0 Å². The molecule has 2 atom stereocenters. The summed E-state index contributed by atoms with van der Waals surface area (Å²) in [5.41, 5.74) is 1.24. The van der Waals surface area contributed by atoms with Gasteiger partial charge in [-0.05, 0) is 33.4 Å². The molecule has 1 aromatic carbocycles. The quantitative estimate of drug-likeness (QED) is 0.757. The topological polar surface area (TPSA) is 12.5 Å². The molecule has 0 saturated carbocycles. The van der Waals surface area contributed by atoms with E-state index in [1.54, 1.807) is 7.11 Å². The Bertz CT molecular complexity index is 297. The monoisotopic (exact) mass is 221 g/mol. The van der Waals surface area contributed by atoms with E-state index in [0.29, 0.717) is 12.1 Å². The molecule has 0 bridgehead atoms. The Labute approximate surface area is 99.2 Å². The molecule has 2 nitrogen and oxygen atoms in total. The molecule has 2 heteroatoms. The average Bonchev–Trinajstić information content (AvgIpc) is 2.30. The van der Waals surface area contributed by atoms with Crippen LogP contribution >= 0.6 is 0 Å². The molecular formula is C14H23NO. The van der Waals surface area contributed by atoms with Gasteiger partial charge in [0, 0.05) is 19.2 Å². The van der Waals surface area contributed by atoms with Crippen molar-refractivity contribution in [2.75, 3.05) is 14.2 Å². The molecule has 0 saturated heterocycles. The Kier molecular flexibility index (Phi) is 4.97. The van der Waals surface area contributed by atoms with Crippen LogP contribution in [0.3, 0.4) is 0 Å². The fraction of sp³-hybridized carbons (Fsp3) is 0.571. The fourth-order valence-electron chi connectivity index (χ4n) is 1.94. The highest BCUT2D eigenvalue weighted by Gasteiger charge is 2.23. The van der Waals surface area contributed by atoms with E-state index >= 15 is 0 Å². The zero-order valence-corrected chi connectivity index (χ0v) is 11.0. The summed E-state index contributed by atoms with van der Waals surface area (Å²) in [7, 11) is 3.92. The predicted octanol–water partition coefficient (Wildman–Crippen LogP) is 3.10. The summed E-state index contributed by atoms with van der Waals surface area (Å²) >= 11 is 0. The van der Waals surface area contributed by atoms with Crippen molar-refractivity contribution in [3.63, 3.8) is 0 Å². The molecule has 0 fully saturated rings. The summed E-state index contributed by atoms with van der Waals surface area (Å²) < 4.78 is 5.63. The van der Waals surface area contributed by atoms with Gasteiger partial charge in [0.25, 0.3) is 0 Å². The molecule has 90 valence electrons. The molecular weight excluding hydrogens is 198 g/mol. The van der Waals surface area contributed by atoms with Crippen LogP contribution in [0.1, 0.15) is 32.4 Å².